The highest BCUT2D eigenvalue weighted by atomic mass is 32.2. The molecule has 0 spiro atoms. The quantitative estimate of drug-likeness (QED) is 0.451. The lowest BCUT2D eigenvalue weighted by Crippen LogP contribution is -2.61. The summed E-state index contributed by atoms with van der Waals surface area (Å²) in [5.41, 5.74) is 0.535. The van der Waals surface area contributed by atoms with Crippen molar-refractivity contribution in [2.24, 2.45) is 0 Å². The molecule has 1 fully saturated rings. The highest BCUT2D eigenvalue weighted by molar-refractivity contribution is 7.92. The number of nitrogens with zero attached hydrogens (tertiary/aromatic N) is 4. The van der Waals surface area contributed by atoms with E-state index in [0.717, 1.165) is 28.1 Å². The number of carbonyl (C=O) groups is 1. The largest absolute Gasteiger partial charge is 0.497 e. The molecule has 9 nitrogen and oxygen atoms in total. The number of aliphatic carboxylic acids is 1. The van der Waals surface area contributed by atoms with Gasteiger partial charge in [0.25, 0.3) is 10.0 Å². The number of piperazine rings is 1. The van der Waals surface area contributed by atoms with E-state index in [1.807, 2.05) is 15.9 Å². The van der Waals surface area contributed by atoms with Crippen LogP contribution in [0.25, 0.3) is 11.1 Å². The zero-order valence-electron chi connectivity index (χ0n) is 21.5. The van der Waals surface area contributed by atoms with Crippen molar-refractivity contribution in [1.29, 1.82) is 0 Å². The van der Waals surface area contributed by atoms with Crippen molar-refractivity contribution in [2.45, 2.75) is 23.5 Å². The van der Waals surface area contributed by atoms with Crippen molar-refractivity contribution >= 4 is 27.5 Å². The van der Waals surface area contributed by atoms with Crippen LogP contribution in [0.2, 0.25) is 0 Å². The van der Waals surface area contributed by atoms with Gasteiger partial charge in [-0.3, -0.25) is 14.0 Å². The lowest BCUT2D eigenvalue weighted by atomic mass is 10.0. The number of carboxylic acid groups (broad SMARTS) is 1. The second-order valence-corrected chi connectivity index (χ2v) is 11.5. The molecule has 5 rings (SSSR count). The lowest BCUT2D eigenvalue weighted by Gasteiger charge is -2.48. The van der Waals surface area contributed by atoms with Crippen molar-refractivity contribution < 1.29 is 36.2 Å². The third-order valence-electron chi connectivity index (χ3n) is 7.13. The van der Waals surface area contributed by atoms with E-state index < -0.39 is 32.6 Å². The van der Waals surface area contributed by atoms with E-state index >= 15 is 0 Å². The fraction of sp³-hybridized carbons (Fsp3) is 0.333. The van der Waals surface area contributed by atoms with Crippen LogP contribution in [0.5, 0.6) is 5.75 Å². The van der Waals surface area contributed by atoms with Crippen LogP contribution < -0.4 is 13.9 Å². The number of halogens is 3. The monoisotopic (exact) mass is 576 g/mol. The number of hydrogen-bond acceptors (Lipinski definition) is 7. The number of sulfonamides is 1. The summed E-state index contributed by atoms with van der Waals surface area (Å²) in [5.74, 6) is 0.0643. The minimum absolute atomic E-state index is 0.0433. The number of alkyl halides is 3. The number of benzene rings is 2. The van der Waals surface area contributed by atoms with E-state index in [1.54, 1.807) is 30.5 Å². The summed E-state index contributed by atoms with van der Waals surface area (Å²) < 4.78 is 74.7. The molecule has 1 atom stereocenters. The van der Waals surface area contributed by atoms with Gasteiger partial charge in [-0.05, 0) is 42.0 Å². The predicted octanol–water partition coefficient (Wildman–Crippen LogP) is 3.95. The van der Waals surface area contributed by atoms with Crippen molar-refractivity contribution in [3.05, 3.63) is 66.4 Å². The Morgan fingerprint density at radius 1 is 1.07 bits per heavy atom. The van der Waals surface area contributed by atoms with Crippen LogP contribution in [-0.2, 0) is 21.0 Å². The molecule has 2 aliphatic rings. The molecule has 0 amide bonds. The maximum absolute atomic E-state index is 13.9. The molecule has 0 aliphatic carbocycles. The SMILES string of the molecule is COc1cccc(-c2cnc3c(c2)N(S(=O)(=O)c2cccc(C(F)(F)F)c2)C[C@@H]2CN(CCC(=O)O)CCN32)c1. The van der Waals surface area contributed by atoms with Crippen LogP contribution in [0.4, 0.5) is 24.7 Å². The Labute approximate surface area is 229 Å². The summed E-state index contributed by atoms with van der Waals surface area (Å²) >= 11 is 0. The van der Waals surface area contributed by atoms with E-state index in [0.29, 0.717) is 49.4 Å². The highest BCUT2D eigenvalue weighted by Gasteiger charge is 2.41. The number of carboxylic acids is 1. The van der Waals surface area contributed by atoms with E-state index in [2.05, 4.69) is 4.98 Å². The molecule has 212 valence electrons. The highest BCUT2D eigenvalue weighted by Crippen LogP contribution is 2.41. The smallest absolute Gasteiger partial charge is 0.416 e. The fourth-order valence-corrected chi connectivity index (χ4v) is 6.64. The maximum Gasteiger partial charge on any atom is 0.416 e. The zero-order valence-corrected chi connectivity index (χ0v) is 22.3. The number of fused-ring (bicyclic) bond motifs is 3. The van der Waals surface area contributed by atoms with Crippen LogP contribution in [0.15, 0.2) is 65.7 Å². The van der Waals surface area contributed by atoms with Gasteiger partial charge in [0.15, 0.2) is 5.82 Å². The Hall–Kier alpha value is -3.84. The molecule has 3 heterocycles. The lowest BCUT2D eigenvalue weighted by molar-refractivity contribution is -0.138. The van der Waals surface area contributed by atoms with Crippen molar-refractivity contribution in [3.8, 4) is 16.9 Å². The molecule has 0 bridgehead atoms. The van der Waals surface area contributed by atoms with E-state index in [4.69, 9.17) is 9.84 Å². The second kappa shape index (κ2) is 10.6. The van der Waals surface area contributed by atoms with Gasteiger partial charge in [-0.15, -0.1) is 0 Å². The molecule has 1 saturated heterocycles. The van der Waals surface area contributed by atoms with Gasteiger partial charge in [-0.1, -0.05) is 18.2 Å². The summed E-state index contributed by atoms with van der Waals surface area (Å²) in [6, 6.07) is 12.1. The first-order valence-electron chi connectivity index (χ1n) is 12.5. The van der Waals surface area contributed by atoms with Gasteiger partial charge >= 0.3 is 12.1 Å². The second-order valence-electron chi connectivity index (χ2n) is 9.65. The molecule has 40 heavy (non-hydrogen) atoms. The number of hydrogen-bond donors (Lipinski definition) is 1. The molecular weight excluding hydrogens is 549 g/mol. The van der Waals surface area contributed by atoms with Gasteiger partial charge in [-0.25, -0.2) is 13.4 Å². The van der Waals surface area contributed by atoms with E-state index in [1.165, 1.54) is 7.11 Å². The molecule has 1 aromatic heterocycles. The molecule has 0 unspecified atom stereocenters. The van der Waals surface area contributed by atoms with Crippen molar-refractivity contribution in [3.63, 3.8) is 0 Å². The Kier molecular flexibility index (Phi) is 7.36. The first kappa shape index (κ1) is 27.7. The zero-order chi connectivity index (χ0) is 28.7. The van der Waals surface area contributed by atoms with E-state index in [9.17, 15) is 26.4 Å². The minimum atomic E-state index is -4.71. The molecular formula is C27H27F3N4O5S. The number of ether oxygens (including phenoxy) is 1. The molecule has 0 saturated carbocycles. The number of rotatable bonds is 7. The predicted molar refractivity (Wildman–Crippen MR) is 142 cm³/mol. The summed E-state index contributed by atoms with van der Waals surface area (Å²) in [7, 11) is -2.90. The van der Waals surface area contributed by atoms with Crippen LogP contribution in [0.1, 0.15) is 12.0 Å². The average Bonchev–Trinajstić information content (AvgIpc) is 2.94. The van der Waals surface area contributed by atoms with Gasteiger partial charge < -0.3 is 14.7 Å². The van der Waals surface area contributed by atoms with Crippen molar-refractivity contribution in [1.82, 2.24) is 9.88 Å². The Morgan fingerprint density at radius 3 is 2.58 bits per heavy atom. The van der Waals surface area contributed by atoms with Crippen LogP contribution in [0, 0.1) is 0 Å². The molecule has 2 aromatic carbocycles. The van der Waals surface area contributed by atoms with Crippen LogP contribution in [-0.4, -0.2) is 75.3 Å². The number of anilines is 2. The Bertz CT molecular complexity index is 1530. The summed E-state index contributed by atoms with van der Waals surface area (Å²) in [5, 5.41) is 9.09. The first-order chi connectivity index (χ1) is 19.0. The minimum Gasteiger partial charge on any atom is -0.497 e. The normalized spacial score (nSPS) is 17.8. The summed E-state index contributed by atoms with van der Waals surface area (Å²) in [6.45, 7) is 1.68. The van der Waals surface area contributed by atoms with Gasteiger partial charge in [-0.2, -0.15) is 13.2 Å². The van der Waals surface area contributed by atoms with Gasteiger partial charge in [0.1, 0.15) is 5.75 Å². The Morgan fingerprint density at radius 2 is 1.85 bits per heavy atom. The Balaban J connectivity index is 1.59. The number of aromatic nitrogens is 1. The average molecular weight is 577 g/mol. The fourth-order valence-electron chi connectivity index (χ4n) is 5.10. The number of pyridine rings is 1. The molecule has 0 radical (unpaired) electrons. The third-order valence-corrected chi connectivity index (χ3v) is 8.90. The van der Waals surface area contributed by atoms with Crippen molar-refractivity contribution in [2.75, 3.05) is 49.0 Å². The molecule has 2 aliphatic heterocycles. The van der Waals surface area contributed by atoms with E-state index in [-0.39, 0.29) is 24.7 Å². The first-order valence-corrected chi connectivity index (χ1v) is 14.0. The van der Waals surface area contributed by atoms with Crippen LogP contribution >= 0.6 is 0 Å². The molecule has 1 N–H and O–H groups in total. The number of methoxy groups -OCH3 is 1. The van der Waals surface area contributed by atoms with Gasteiger partial charge in [0.05, 0.1) is 42.3 Å². The van der Waals surface area contributed by atoms with Gasteiger partial charge in [0.2, 0.25) is 0 Å². The van der Waals surface area contributed by atoms with Crippen LogP contribution in [0.3, 0.4) is 0 Å². The summed E-state index contributed by atoms with van der Waals surface area (Å²) in [6.07, 6.45) is -3.14. The molecule has 13 heteroatoms. The maximum atomic E-state index is 13.9. The standard InChI is InChI=1S/C27H27F3N4O5S/c1-39-22-6-2-4-18(12-22)19-13-24-26(31-15-19)33-11-10-32(9-8-25(35)36)16-21(33)17-34(24)40(37,38)23-7-3-5-20(14-23)27(28,29)30/h2-7,12-15,21H,8-11,16-17H2,1H3,(H,35,36)/t21-/m0/s1. The third kappa shape index (κ3) is 5.43. The summed E-state index contributed by atoms with van der Waals surface area (Å²) in [4.78, 5) is 19.2. The molecule has 3 aromatic rings. The topological polar surface area (TPSA) is 103 Å². The van der Waals surface area contributed by atoms with Gasteiger partial charge in [0, 0.05) is 37.9 Å².